The van der Waals surface area contributed by atoms with Crippen LogP contribution >= 0.6 is 0 Å². The number of tetrazole rings is 1. The monoisotopic (exact) mass is 357 g/mol. The Hall–Kier alpha value is -2.77. The molecule has 0 bridgehead atoms. The molecule has 138 valence electrons. The van der Waals surface area contributed by atoms with Crippen molar-refractivity contribution in [3.8, 4) is 11.4 Å². The average Bonchev–Trinajstić information content (AvgIpc) is 3.06. The second-order valence-corrected chi connectivity index (χ2v) is 6.62. The molecule has 8 heteroatoms. The summed E-state index contributed by atoms with van der Waals surface area (Å²) in [5.74, 6) is -1.23. The number of hydrogen-bond donors (Lipinski definition) is 2. The van der Waals surface area contributed by atoms with E-state index >= 15 is 0 Å². The smallest absolute Gasteiger partial charge is 0.308 e. The first-order valence-electron chi connectivity index (χ1n) is 8.99. The normalized spacial score (nSPS) is 20.8. The lowest BCUT2D eigenvalue weighted by atomic mass is 9.87. The van der Waals surface area contributed by atoms with Gasteiger partial charge >= 0.3 is 5.97 Å². The molecule has 1 aliphatic carbocycles. The summed E-state index contributed by atoms with van der Waals surface area (Å²) in [6, 6.07) is 9.04. The Morgan fingerprint density at radius 3 is 2.58 bits per heavy atom. The number of carbonyl (C=O) groups is 2. The highest BCUT2D eigenvalue weighted by Crippen LogP contribution is 2.23. The van der Waals surface area contributed by atoms with Crippen LogP contribution in [0.15, 0.2) is 30.3 Å². The second kappa shape index (κ2) is 8.55. The summed E-state index contributed by atoms with van der Waals surface area (Å²) in [5, 5.41) is 24.4. The molecule has 0 spiro atoms. The van der Waals surface area contributed by atoms with Crippen molar-refractivity contribution < 1.29 is 14.7 Å². The van der Waals surface area contributed by atoms with E-state index in [0.29, 0.717) is 18.7 Å². The number of rotatable bonds is 5. The van der Waals surface area contributed by atoms with Crippen LogP contribution in [-0.2, 0) is 16.1 Å². The van der Waals surface area contributed by atoms with Gasteiger partial charge in [0.25, 0.3) is 0 Å². The molecular weight excluding hydrogens is 334 g/mol. The van der Waals surface area contributed by atoms with E-state index in [4.69, 9.17) is 0 Å². The van der Waals surface area contributed by atoms with Gasteiger partial charge in [-0.1, -0.05) is 56.0 Å². The maximum absolute atomic E-state index is 12.4. The number of nitrogens with one attached hydrogen (secondary N) is 1. The number of hydrogen-bond acceptors (Lipinski definition) is 5. The summed E-state index contributed by atoms with van der Waals surface area (Å²) in [6.07, 6.45) is 5.21. The van der Waals surface area contributed by atoms with Crippen molar-refractivity contribution in [3.05, 3.63) is 30.3 Å². The molecule has 0 aliphatic heterocycles. The molecule has 2 unspecified atom stereocenters. The van der Waals surface area contributed by atoms with Gasteiger partial charge in [0.2, 0.25) is 11.7 Å². The van der Waals surface area contributed by atoms with Gasteiger partial charge in [-0.3, -0.25) is 9.59 Å². The zero-order valence-corrected chi connectivity index (χ0v) is 14.5. The van der Waals surface area contributed by atoms with Gasteiger partial charge in [0, 0.05) is 11.6 Å². The predicted octanol–water partition coefficient (Wildman–Crippen LogP) is 1.88. The van der Waals surface area contributed by atoms with Gasteiger partial charge in [-0.25, -0.2) is 0 Å². The first-order valence-corrected chi connectivity index (χ1v) is 8.99. The molecule has 8 nitrogen and oxygen atoms in total. The predicted molar refractivity (Wildman–Crippen MR) is 94.0 cm³/mol. The summed E-state index contributed by atoms with van der Waals surface area (Å²) in [4.78, 5) is 25.1. The van der Waals surface area contributed by atoms with Crippen molar-refractivity contribution in [3.63, 3.8) is 0 Å². The lowest BCUT2D eigenvalue weighted by Gasteiger charge is -2.27. The fourth-order valence-corrected chi connectivity index (χ4v) is 3.35. The minimum absolute atomic E-state index is 0.0807. The van der Waals surface area contributed by atoms with E-state index < -0.39 is 11.9 Å². The van der Waals surface area contributed by atoms with E-state index in [1.165, 1.54) is 4.80 Å². The molecule has 1 saturated carbocycles. The number of amides is 1. The second-order valence-electron chi connectivity index (χ2n) is 6.62. The molecule has 1 aromatic carbocycles. The molecule has 2 aromatic rings. The highest BCUT2D eigenvalue weighted by molar-refractivity contribution is 5.77. The number of carboxylic acids is 1. The van der Waals surface area contributed by atoms with Gasteiger partial charge in [-0.2, -0.15) is 4.80 Å². The lowest BCUT2D eigenvalue weighted by molar-refractivity contribution is -0.143. The van der Waals surface area contributed by atoms with E-state index in [0.717, 1.165) is 31.2 Å². The fraction of sp³-hybridized carbons (Fsp3) is 0.500. The van der Waals surface area contributed by atoms with Crippen molar-refractivity contribution >= 4 is 11.9 Å². The van der Waals surface area contributed by atoms with Crippen LogP contribution < -0.4 is 5.32 Å². The number of benzene rings is 1. The molecule has 0 radical (unpaired) electrons. The quantitative estimate of drug-likeness (QED) is 0.845. The minimum atomic E-state index is -0.845. The summed E-state index contributed by atoms with van der Waals surface area (Å²) in [7, 11) is 0. The molecule has 1 heterocycles. The highest BCUT2D eigenvalue weighted by atomic mass is 16.4. The molecular formula is C18H23N5O3. The highest BCUT2D eigenvalue weighted by Gasteiger charge is 2.30. The van der Waals surface area contributed by atoms with E-state index in [-0.39, 0.29) is 18.5 Å². The number of carboxylic acid groups (broad SMARTS) is 1. The Morgan fingerprint density at radius 2 is 1.85 bits per heavy atom. The van der Waals surface area contributed by atoms with Crippen molar-refractivity contribution in [1.82, 2.24) is 25.5 Å². The lowest BCUT2D eigenvalue weighted by Crippen LogP contribution is -2.45. The standard InChI is InChI=1S/C18H23N5O3/c24-16(19-15-11-7-2-1-6-10-14(15)18(25)26)12-23-21-17(20-22-23)13-8-4-3-5-9-13/h3-5,8-9,14-15H,1-2,6-7,10-12H2,(H,19,24)(H,25,26). The SMILES string of the molecule is O=C(Cn1nnc(-c2ccccc2)n1)NC1CCCCCCC1C(=O)O. The molecule has 1 aliphatic rings. The Balaban J connectivity index is 1.62. The Labute approximate surface area is 151 Å². The van der Waals surface area contributed by atoms with Gasteiger partial charge in [0.1, 0.15) is 6.54 Å². The van der Waals surface area contributed by atoms with E-state index in [1.54, 1.807) is 0 Å². The van der Waals surface area contributed by atoms with Crippen molar-refractivity contribution in [2.75, 3.05) is 0 Å². The fourth-order valence-electron chi connectivity index (χ4n) is 3.35. The van der Waals surface area contributed by atoms with Crippen LogP contribution in [0.2, 0.25) is 0 Å². The molecule has 3 rings (SSSR count). The molecule has 2 atom stereocenters. The third-order valence-electron chi connectivity index (χ3n) is 4.70. The third-order valence-corrected chi connectivity index (χ3v) is 4.70. The van der Waals surface area contributed by atoms with E-state index in [2.05, 4.69) is 20.7 Å². The largest absolute Gasteiger partial charge is 0.481 e. The average molecular weight is 357 g/mol. The van der Waals surface area contributed by atoms with Crippen LogP contribution in [0.25, 0.3) is 11.4 Å². The summed E-state index contributed by atoms with van der Waals surface area (Å²) >= 11 is 0. The van der Waals surface area contributed by atoms with Crippen LogP contribution in [0.3, 0.4) is 0 Å². The summed E-state index contributed by atoms with van der Waals surface area (Å²) in [6.45, 7) is -0.0807. The molecule has 0 saturated heterocycles. The molecule has 26 heavy (non-hydrogen) atoms. The van der Waals surface area contributed by atoms with Crippen molar-refractivity contribution in [2.24, 2.45) is 5.92 Å². The van der Waals surface area contributed by atoms with Gasteiger partial charge < -0.3 is 10.4 Å². The Morgan fingerprint density at radius 1 is 1.12 bits per heavy atom. The van der Waals surface area contributed by atoms with Crippen molar-refractivity contribution in [2.45, 2.75) is 51.1 Å². The summed E-state index contributed by atoms with van der Waals surface area (Å²) in [5.41, 5.74) is 0.824. The molecule has 1 fully saturated rings. The topological polar surface area (TPSA) is 110 Å². The first-order chi connectivity index (χ1) is 12.6. The number of carbonyl (C=O) groups excluding carboxylic acids is 1. The van der Waals surface area contributed by atoms with Gasteiger partial charge in [-0.15, -0.1) is 10.2 Å². The Kier molecular flexibility index (Phi) is 5.93. The van der Waals surface area contributed by atoms with Crippen LogP contribution in [0.1, 0.15) is 38.5 Å². The number of nitrogens with zero attached hydrogens (tertiary/aromatic N) is 4. The minimum Gasteiger partial charge on any atom is -0.481 e. The summed E-state index contributed by atoms with van der Waals surface area (Å²) < 4.78 is 0. The van der Waals surface area contributed by atoms with Crippen molar-refractivity contribution in [1.29, 1.82) is 0 Å². The van der Waals surface area contributed by atoms with Gasteiger partial charge in [-0.05, 0) is 18.1 Å². The Bertz CT molecular complexity index is 746. The van der Waals surface area contributed by atoms with E-state index in [9.17, 15) is 14.7 Å². The molecule has 2 N–H and O–H groups in total. The van der Waals surface area contributed by atoms with Gasteiger partial charge in [0.15, 0.2) is 0 Å². The molecule has 1 amide bonds. The zero-order chi connectivity index (χ0) is 18.4. The number of aromatic nitrogens is 4. The first kappa shape index (κ1) is 18.0. The van der Waals surface area contributed by atoms with E-state index in [1.807, 2.05) is 30.3 Å². The zero-order valence-electron chi connectivity index (χ0n) is 14.5. The molecule has 1 aromatic heterocycles. The maximum atomic E-state index is 12.4. The van der Waals surface area contributed by atoms with Gasteiger partial charge in [0.05, 0.1) is 5.92 Å². The van der Waals surface area contributed by atoms with Crippen LogP contribution in [-0.4, -0.2) is 43.2 Å². The maximum Gasteiger partial charge on any atom is 0.308 e. The van der Waals surface area contributed by atoms with Crippen LogP contribution in [0, 0.1) is 5.92 Å². The number of aliphatic carboxylic acids is 1. The third kappa shape index (κ3) is 4.65. The van der Waals surface area contributed by atoms with Crippen LogP contribution in [0.5, 0.6) is 0 Å². The van der Waals surface area contributed by atoms with Crippen LogP contribution in [0.4, 0.5) is 0 Å².